The molecule has 0 bridgehead atoms. The minimum Gasteiger partial charge on any atom is -0.495 e. The maximum Gasteiger partial charge on any atom is 0.225 e. The van der Waals surface area contributed by atoms with Crippen LogP contribution in [-0.2, 0) is 21.4 Å². The number of nitrogens with one attached hydrogen (secondary N) is 1. The lowest BCUT2D eigenvalue weighted by atomic mass is 10.2. The van der Waals surface area contributed by atoms with E-state index in [1.807, 2.05) is 19.1 Å². The number of hydrogen-bond donors (Lipinski definition) is 1. The first-order valence-corrected chi connectivity index (χ1v) is 9.93. The molecule has 2 aromatic rings. The second-order valence-corrected chi connectivity index (χ2v) is 7.94. The van der Waals surface area contributed by atoms with Gasteiger partial charge in [0.15, 0.2) is 0 Å². The van der Waals surface area contributed by atoms with E-state index in [9.17, 15) is 13.2 Å². The number of aromatic nitrogens is 1. The Hall–Kier alpha value is -2.45. The van der Waals surface area contributed by atoms with E-state index in [0.717, 1.165) is 17.4 Å². The fraction of sp³-hybridized carbons (Fsp3) is 0.333. The molecule has 26 heavy (non-hydrogen) atoms. The molecule has 1 aromatic carbocycles. The number of anilines is 1. The summed E-state index contributed by atoms with van der Waals surface area (Å²) in [6, 6.07) is 8.96. The summed E-state index contributed by atoms with van der Waals surface area (Å²) >= 11 is 0. The Bertz CT molecular complexity index is 854. The van der Waals surface area contributed by atoms with Gasteiger partial charge in [-0.15, -0.1) is 0 Å². The van der Waals surface area contributed by atoms with Crippen molar-refractivity contribution < 1.29 is 17.9 Å². The third kappa shape index (κ3) is 5.82. The van der Waals surface area contributed by atoms with E-state index in [1.54, 1.807) is 30.6 Å². The second-order valence-electron chi connectivity index (χ2n) is 5.95. The standard InChI is InChI=1S/C18H23N3O4S/c1-14-4-5-17(25-2)16(12-14)20-18(22)8-11-21(26(3,23)24)13-15-6-9-19-10-7-15/h4-7,9-10,12H,8,11,13H2,1-3H3,(H,20,22). The average Bonchev–Trinajstić information content (AvgIpc) is 2.58. The van der Waals surface area contributed by atoms with Gasteiger partial charge in [-0.3, -0.25) is 9.78 Å². The van der Waals surface area contributed by atoms with Crippen molar-refractivity contribution in [1.82, 2.24) is 9.29 Å². The predicted octanol–water partition coefficient (Wildman–Crippen LogP) is 2.19. The van der Waals surface area contributed by atoms with E-state index in [-0.39, 0.29) is 25.4 Å². The number of carbonyl (C=O) groups is 1. The van der Waals surface area contributed by atoms with Crippen molar-refractivity contribution in [3.63, 3.8) is 0 Å². The highest BCUT2D eigenvalue weighted by Crippen LogP contribution is 2.25. The van der Waals surface area contributed by atoms with Gasteiger partial charge < -0.3 is 10.1 Å². The van der Waals surface area contributed by atoms with Gasteiger partial charge in [-0.2, -0.15) is 4.31 Å². The number of ether oxygens (including phenoxy) is 1. The van der Waals surface area contributed by atoms with Gasteiger partial charge in [-0.05, 0) is 42.3 Å². The maximum absolute atomic E-state index is 12.3. The summed E-state index contributed by atoms with van der Waals surface area (Å²) in [5, 5.41) is 2.78. The molecular weight excluding hydrogens is 354 g/mol. The molecule has 1 heterocycles. The fourth-order valence-electron chi connectivity index (χ4n) is 2.41. The van der Waals surface area contributed by atoms with Crippen LogP contribution >= 0.6 is 0 Å². The van der Waals surface area contributed by atoms with Crippen LogP contribution in [0, 0.1) is 6.92 Å². The Morgan fingerprint density at radius 2 is 1.92 bits per heavy atom. The molecule has 1 amide bonds. The third-order valence-corrected chi connectivity index (χ3v) is 5.04. The summed E-state index contributed by atoms with van der Waals surface area (Å²) in [6.07, 6.45) is 4.38. The molecule has 0 aliphatic rings. The smallest absolute Gasteiger partial charge is 0.225 e. The van der Waals surface area contributed by atoms with E-state index >= 15 is 0 Å². The van der Waals surface area contributed by atoms with Gasteiger partial charge >= 0.3 is 0 Å². The first-order chi connectivity index (χ1) is 12.3. The molecule has 1 aromatic heterocycles. The topological polar surface area (TPSA) is 88.6 Å². The van der Waals surface area contributed by atoms with E-state index in [0.29, 0.717) is 11.4 Å². The van der Waals surface area contributed by atoms with Crippen molar-refractivity contribution in [2.75, 3.05) is 25.2 Å². The number of pyridine rings is 1. The number of carbonyl (C=O) groups excluding carboxylic acids is 1. The lowest BCUT2D eigenvalue weighted by molar-refractivity contribution is -0.116. The van der Waals surface area contributed by atoms with Crippen LogP contribution in [0.2, 0.25) is 0 Å². The van der Waals surface area contributed by atoms with Crippen LogP contribution in [0.3, 0.4) is 0 Å². The summed E-state index contributed by atoms with van der Waals surface area (Å²) in [6.45, 7) is 2.19. The summed E-state index contributed by atoms with van der Waals surface area (Å²) in [5.74, 6) is 0.276. The molecule has 0 aliphatic carbocycles. The number of aryl methyl sites for hydroxylation is 1. The van der Waals surface area contributed by atoms with Gasteiger partial charge in [-0.1, -0.05) is 6.07 Å². The third-order valence-electron chi connectivity index (χ3n) is 3.79. The number of rotatable bonds is 8. The highest BCUT2D eigenvalue weighted by Gasteiger charge is 2.19. The number of amides is 1. The van der Waals surface area contributed by atoms with Gasteiger partial charge in [0.1, 0.15) is 5.75 Å². The SMILES string of the molecule is COc1ccc(C)cc1NC(=O)CCN(Cc1ccncc1)S(C)(=O)=O. The summed E-state index contributed by atoms with van der Waals surface area (Å²) < 4.78 is 30.5. The Labute approximate surface area is 154 Å². The second kappa shape index (κ2) is 8.77. The van der Waals surface area contributed by atoms with Crippen molar-refractivity contribution in [1.29, 1.82) is 0 Å². The molecule has 0 unspecified atom stereocenters. The zero-order valence-corrected chi connectivity index (χ0v) is 15.9. The molecule has 0 saturated heterocycles. The van der Waals surface area contributed by atoms with Crippen LogP contribution in [0.25, 0.3) is 0 Å². The van der Waals surface area contributed by atoms with Gasteiger partial charge in [0.05, 0.1) is 19.1 Å². The van der Waals surface area contributed by atoms with E-state index in [2.05, 4.69) is 10.3 Å². The normalized spacial score (nSPS) is 11.4. The van der Waals surface area contributed by atoms with Crippen molar-refractivity contribution in [3.05, 3.63) is 53.9 Å². The number of nitrogens with zero attached hydrogens (tertiary/aromatic N) is 2. The lowest BCUT2D eigenvalue weighted by Gasteiger charge is -2.20. The average molecular weight is 377 g/mol. The predicted molar refractivity (Wildman–Crippen MR) is 100 cm³/mol. The Morgan fingerprint density at radius 1 is 1.23 bits per heavy atom. The lowest BCUT2D eigenvalue weighted by Crippen LogP contribution is -2.32. The minimum atomic E-state index is -3.44. The largest absolute Gasteiger partial charge is 0.495 e. The number of benzene rings is 1. The molecule has 7 nitrogen and oxygen atoms in total. The molecule has 1 N–H and O–H groups in total. The number of methoxy groups -OCH3 is 1. The summed E-state index contributed by atoms with van der Waals surface area (Å²) in [4.78, 5) is 16.2. The van der Waals surface area contributed by atoms with Crippen molar-refractivity contribution in [2.24, 2.45) is 0 Å². The van der Waals surface area contributed by atoms with Crippen LogP contribution < -0.4 is 10.1 Å². The maximum atomic E-state index is 12.3. The van der Waals surface area contributed by atoms with Crippen LogP contribution in [0.5, 0.6) is 5.75 Å². The highest BCUT2D eigenvalue weighted by atomic mass is 32.2. The molecule has 0 aliphatic heterocycles. The Balaban J connectivity index is 2.02. The Kier molecular flexibility index (Phi) is 6.70. The molecule has 0 fully saturated rings. The van der Waals surface area contributed by atoms with Crippen molar-refractivity contribution >= 4 is 21.6 Å². The first kappa shape index (κ1) is 19.9. The van der Waals surface area contributed by atoms with Gasteiger partial charge in [0, 0.05) is 31.9 Å². The van der Waals surface area contributed by atoms with Crippen LogP contribution in [0.4, 0.5) is 5.69 Å². The van der Waals surface area contributed by atoms with Gasteiger partial charge in [0.25, 0.3) is 0 Å². The quantitative estimate of drug-likeness (QED) is 0.762. The van der Waals surface area contributed by atoms with Crippen LogP contribution in [0.1, 0.15) is 17.5 Å². The molecule has 2 rings (SSSR count). The minimum absolute atomic E-state index is 0.0370. The van der Waals surface area contributed by atoms with E-state index < -0.39 is 10.0 Å². The monoisotopic (exact) mass is 377 g/mol. The zero-order valence-electron chi connectivity index (χ0n) is 15.1. The highest BCUT2D eigenvalue weighted by molar-refractivity contribution is 7.88. The fourth-order valence-corrected chi connectivity index (χ4v) is 3.22. The molecular formula is C18H23N3O4S. The number of sulfonamides is 1. The Morgan fingerprint density at radius 3 is 2.54 bits per heavy atom. The van der Waals surface area contributed by atoms with Crippen molar-refractivity contribution in [3.8, 4) is 5.75 Å². The molecule has 0 atom stereocenters. The first-order valence-electron chi connectivity index (χ1n) is 8.08. The summed E-state index contributed by atoms with van der Waals surface area (Å²) in [5.41, 5.74) is 2.36. The zero-order chi connectivity index (χ0) is 19.2. The molecule has 8 heteroatoms. The van der Waals surface area contributed by atoms with Crippen LogP contribution in [-0.4, -0.2) is 43.5 Å². The molecule has 0 radical (unpaired) electrons. The van der Waals surface area contributed by atoms with Gasteiger partial charge in [0.2, 0.25) is 15.9 Å². The molecule has 0 saturated carbocycles. The summed E-state index contributed by atoms with van der Waals surface area (Å²) in [7, 11) is -1.91. The number of hydrogen-bond acceptors (Lipinski definition) is 5. The van der Waals surface area contributed by atoms with Gasteiger partial charge in [-0.25, -0.2) is 8.42 Å². The van der Waals surface area contributed by atoms with E-state index in [4.69, 9.17) is 4.74 Å². The van der Waals surface area contributed by atoms with E-state index in [1.165, 1.54) is 11.4 Å². The molecule has 140 valence electrons. The van der Waals surface area contributed by atoms with Crippen LogP contribution in [0.15, 0.2) is 42.7 Å². The van der Waals surface area contributed by atoms with Crippen molar-refractivity contribution in [2.45, 2.75) is 19.9 Å². The molecule has 0 spiro atoms.